The van der Waals surface area contributed by atoms with Crippen molar-refractivity contribution in [3.05, 3.63) is 79.5 Å². The summed E-state index contributed by atoms with van der Waals surface area (Å²) in [6.45, 7) is 9.59. The van der Waals surface area contributed by atoms with E-state index in [0.717, 1.165) is 28.3 Å². The summed E-state index contributed by atoms with van der Waals surface area (Å²) in [6.07, 6.45) is 6.21. The van der Waals surface area contributed by atoms with Crippen molar-refractivity contribution in [2.45, 2.75) is 19.9 Å². The molecule has 0 radical (unpaired) electrons. The van der Waals surface area contributed by atoms with Crippen molar-refractivity contribution in [1.29, 1.82) is 0 Å². The normalized spacial score (nSPS) is 15.5. The van der Waals surface area contributed by atoms with Gasteiger partial charge in [-0.05, 0) is 61.9 Å². The molecule has 0 spiro atoms. The molecule has 0 saturated carbocycles. The summed E-state index contributed by atoms with van der Waals surface area (Å²) in [5, 5.41) is 7.51. The third-order valence-corrected chi connectivity index (χ3v) is 6.79. The summed E-state index contributed by atoms with van der Waals surface area (Å²) in [7, 11) is 0. The molecule has 11 nitrogen and oxygen atoms in total. The maximum Gasteiger partial charge on any atom is 0.246 e. The van der Waals surface area contributed by atoms with Crippen LogP contribution < -0.4 is 15.0 Å². The van der Waals surface area contributed by atoms with Crippen LogP contribution in [0.3, 0.4) is 0 Å². The van der Waals surface area contributed by atoms with Crippen LogP contribution in [-0.2, 0) is 4.79 Å². The molecule has 1 amide bonds. The summed E-state index contributed by atoms with van der Waals surface area (Å²) >= 11 is 0. The maximum absolute atomic E-state index is 12.1. The Balaban J connectivity index is 1.22. The molecule has 1 saturated heterocycles. The molecule has 11 heteroatoms. The van der Waals surface area contributed by atoms with Crippen LogP contribution in [0.5, 0.6) is 11.5 Å². The van der Waals surface area contributed by atoms with Crippen LogP contribution in [0.1, 0.15) is 12.5 Å². The minimum absolute atomic E-state index is 0.0454. The first-order chi connectivity index (χ1) is 19.0. The average molecular weight is 522 g/mol. The van der Waals surface area contributed by atoms with E-state index in [0.29, 0.717) is 42.4 Å². The first-order valence-corrected chi connectivity index (χ1v) is 12.6. The predicted octanol–water partition coefficient (Wildman–Crippen LogP) is 4.13. The van der Waals surface area contributed by atoms with Crippen LogP contribution in [0.2, 0.25) is 0 Å². The van der Waals surface area contributed by atoms with Crippen molar-refractivity contribution < 1.29 is 9.53 Å². The Kier molecular flexibility index (Phi) is 6.23. The first-order valence-electron chi connectivity index (χ1n) is 12.6. The second-order valence-corrected chi connectivity index (χ2v) is 9.42. The van der Waals surface area contributed by atoms with Gasteiger partial charge in [-0.3, -0.25) is 4.79 Å². The van der Waals surface area contributed by atoms with E-state index in [-0.39, 0.29) is 11.9 Å². The van der Waals surface area contributed by atoms with Gasteiger partial charge in [0.2, 0.25) is 5.91 Å². The Bertz CT molecular complexity index is 1700. The summed E-state index contributed by atoms with van der Waals surface area (Å²) in [4.78, 5) is 34.1. The molecule has 5 aromatic rings. The Hall–Kier alpha value is -5.06. The fourth-order valence-corrected chi connectivity index (χ4v) is 4.77. The monoisotopic (exact) mass is 521 g/mol. The number of carbonyl (C=O) groups excluding carboxylic acids is 1. The minimum atomic E-state index is -0.0454. The molecule has 1 N–H and O–H groups in total. The topological polar surface area (TPSA) is 114 Å². The maximum atomic E-state index is 12.1. The number of rotatable bonds is 6. The summed E-state index contributed by atoms with van der Waals surface area (Å²) in [5.41, 5.74) is 3.93. The van der Waals surface area contributed by atoms with Gasteiger partial charge in [0.05, 0.1) is 5.52 Å². The van der Waals surface area contributed by atoms with Gasteiger partial charge < -0.3 is 19.9 Å². The number of fused-ring (bicyclic) bond motifs is 2. The lowest BCUT2D eigenvalue weighted by atomic mass is 10.1. The summed E-state index contributed by atoms with van der Waals surface area (Å²) in [6, 6.07) is 13.6. The number of hydrogen-bond donors (Lipinski definition) is 1. The van der Waals surface area contributed by atoms with E-state index in [2.05, 4.69) is 43.8 Å². The number of hydrogen-bond acceptors (Lipinski definition) is 9. The average Bonchev–Trinajstić information content (AvgIpc) is 3.42. The second-order valence-electron chi connectivity index (χ2n) is 9.42. The van der Waals surface area contributed by atoms with Crippen LogP contribution >= 0.6 is 0 Å². The van der Waals surface area contributed by atoms with Gasteiger partial charge in [-0.25, -0.2) is 24.5 Å². The molecular formula is C28H27N9O2. The minimum Gasteiger partial charge on any atom is -0.457 e. The zero-order valence-corrected chi connectivity index (χ0v) is 21.7. The summed E-state index contributed by atoms with van der Waals surface area (Å²) in [5.74, 6) is 2.81. The van der Waals surface area contributed by atoms with Crippen molar-refractivity contribution in [1.82, 2.24) is 34.4 Å². The molecule has 6 rings (SSSR count). The number of nitrogens with one attached hydrogen (secondary N) is 1. The first kappa shape index (κ1) is 24.3. The number of carbonyl (C=O) groups is 1. The number of piperazine rings is 1. The standard InChI is InChI=1S/C28H27N9O2/c1-4-26(38)35-11-12-36(19(3)15-35)24-8-6-22-27(34-24)28(31-16-29-22)33-20-5-7-23(18(2)13-20)39-21-9-10-37-25(14-21)30-17-32-37/h4-10,13-14,16-17,19H,1,11-12,15H2,2-3H3,(H,29,31,33)/t19-/m1/s1. The van der Waals surface area contributed by atoms with E-state index in [9.17, 15) is 4.79 Å². The van der Waals surface area contributed by atoms with Crippen LogP contribution in [0.25, 0.3) is 16.7 Å². The van der Waals surface area contributed by atoms with E-state index >= 15 is 0 Å². The molecule has 0 unspecified atom stereocenters. The van der Waals surface area contributed by atoms with Gasteiger partial charge in [0, 0.05) is 43.6 Å². The Morgan fingerprint density at radius 1 is 1.10 bits per heavy atom. The van der Waals surface area contributed by atoms with Gasteiger partial charge in [-0.2, -0.15) is 5.10 Å². The Labute approximate surface area is 224 Å². The van der Waals surface area contributed by atoms with Crippen LogP contribution in [0.15, 0.2) is 74.0 Å². The second kappa shape index (κ2) is 10.0. The van der Waals surface area contributed by atoms with Crippen molar-refractivity contribution in [2.24, 2.45) is 0 Å². The Morgan fingerprint density at radius 3 is 2.82 bits per heavy atom. The number of ether oxygens (including phenoxy) is 1. The fraction of sp³-hybridized carbons (Fsp3) is 0.214. The van der Waals surface area contributed by atoms with Crippen LogP contribution in [0, 0.1) is 6.92 Å². The molecule has 196 valence electrons. The lowest BCUT2D eigenvalue weighted by Crippen LogP contribution is -2.53. The zero-order chi connectivity index (χ0) is 26.9. The molecule has 0 aliphatic carbocycles. The van der Waals surface area contributed by atoms with Gasteiger partial charge in [0.25, 0.3) is 0 Å². The SMILES string of the molecule is C=CC(=O)N1CCN(c2ccc3ncnc(Nc4ccc(Oc5ccn6ncnc6c5)c(C)c4)c3n2)[C@H](C)C1. The molecule has 5 heterocycles. The van der Waals surface area contributed by atoms with Crippen molar-refractivity contribution in [2.75, 3.05) is 29.9 Å². The molecule has 1 aromatic carbocycles. The van der Waals surface area contributed by atoms with Crippen LogP contribution in [-0.4, -0.2) is 66.0 Å². The molecule has 1 atom stereocenters. The molecule has 1 aliphatic heterocycles. The van der Waals surface area contributed by atoms with E-state index in [1.54, 1.807) is 4.52 Å². The lowest BCUT2D eigenvalue weighted by molar-refractivity contribution is -0.126. The Morgan fingerprint density at radius 2 is 2.00 bits per heavy atom. The van der Waals surface area contributed by atoms with Crippen molar-refractivity contribution in [3.8, 4) is 11.5 Å². The number of pyridine rings is 2. The molecule has 4 aromatic heterocycles. The van der Waals surface area contributed by atoms with Crippen LogP contribution in [0.4, 0.5) is 17.3 Å². The highest BCUT2D eigenvalue weighted by atomic mass is 16.5. The van der Waals surface area contributed by atoms with E-state index in [1.807, 2.05) is 60.5 Å². The number of nitrogens with zero attached hydrogens (tertiary/aromatic N) is 8. The lowest BCUT2D eigenvalue weighted by Gasteiger charge is -2.40. The third kappa shape index (κ3) is 4.81. The van der Waals surface area contributed by atoms with E-state index < -0.39 is 0 Å². The van der Waals surface area contributed by atoms with Gasteiger partial charge in [-0.15, -0.1) is 0 Å². The highest BCUT2D eigenvalue weighted by Crippen LogP contribution is 2.30. The molecular weight excluding hydrogens is 494 g/mol. The van der Waals surface area contributed by atoms with E-state index in [1.165, 1.54) is 18.7 Å². The molecule has 0 bridgehead atoms. The summed E-state index contributed by atoms with van der Waals surface area (Å²) < 4.78 is 7.79. The number of anilines is 3. The number of aromatic nitrogens is 6. The number of aryl methyl sites for hydroxylation is 1. The zero-order valence-electron chi connectivity index (χ0n) is 21.7. The van der Waals surface area contributed by atoms with Crippen molar-refractivity contribution in [3.63, 3.8) is 0 Å². The fourth-order valence-electron chi connectivity index (χ4n) is 4.77. The third-order valence-electron chi connectivity index (χ3n) is 6.79. The highest BCUT2D eigenvalue weighted by molar-refractivity contribution is 5.89. The molecule has 1 fully saturated rings. The van der Waals surface area contributed by atoms with Gasteiger partial charge in [-0.1, -0.05) is 6.58 Å². The van der Waals surface area contributed by atoms with Gasteiger partial charge in [0.1, 0.15) is 35.5 Å². The highest BCUT2D eigenvalue weighted by Gasteiger charge is 2.27. The quantitative estimate of drug-likeness (QED) is 0.329. The smallest absolute Gasteiger partial charge is 0.246 e. The van der Waals surface area contributed by atoms with Gasteiger partial charge >= 0.3 is 0 Å². The molecule has 39 heavy (non-hydrogen) atoms. The number of amides is 1. The number of benzene rings is 1. The largest absolute Gasteiger partial charge is 0.457 e. The van der Waals surface area contributed by atoms with Crippen molar-refractivity contribution >= 4 is 39.9 Å². The van der Waals surface area contributed by atoms with Gasteiger partial charge in [0.15, 0.2) is 11.5 Å². The predicted molar refractivity (Wildman–Crippen MR) is 148 cm³/mol. The van der Waals surface area contributed by atoms with E-state index in [4.69, 9.17) is 9.72 Å². The molecule has 1 aliphatic rings.